The van der Waals surface area contributed by atoms with Crippen LogP contribution >= 0.6 is 24.2 Å². The van der Waals surface area contributed by atoms with Crippen LogP contribution in [0.4, 0.5) is 0 Å². The average Bonchev–Trinajstić information content (AvgIpc) is 2.04. The Morgan fingerprint density at radius 1 is 1.73 bits per heavy atom. The van der Waals surface area contributed by atoms with E-state index in [9.17, 15) is 4.79 Å². The number of aromatic nitrogens is 1. The summed E-state index contributed by atoms with van der Waals surface area (Å²) in [7, 11) is 0. The van der Waals surface area contributed by atoms with Crippen LogP contribution in [0, 0.1) is 0 Å². The molecule has 0 unspecified atom stereocenters. The quantitative estimate of drug-likeness (QED) is 0.566. The standard InChI is InChI=1S/C7H6ClNOS/c8-7(10)5-2-1-3-9-6(5)4-11/h1-3,11H,4H2. The van der Waals surface area contributed by atoms with Crippen molar-refractivity contribution in [1.29, 1.82) is 0 Å². The summed E-state index contributed by atoms with van der Waals surface area (Å²) in [4.78, 5) is 14.7. The van der Waals surface area contributed by atoms with E-state index >= 15 is 0 Å². The third-order valence-electron chi connectivity index (χ3n) is 1.25. The van der Waals surface area contributed by atoms with Crippen LogP contribution in [0.2, 0.25) is 0 Å². The van der Waals surface area contributed by atoms with Gasteiger partial charge in [-0.05, 0) is 23.7 Å². The molecule has 0 amide bonds. The van der Waals surface area contributed by atoms with Crippen molar-refractivity contribution in [3.63, 3.8) is 0 Å². The summed E-state index contributed by atoms with van der Waals surface area (Å²) in [6.07, 6.45) is 1.61. The summed E-state index contributed by atoms with van der Waals surface area (Å²) in [5, 5.41) is -0.484. The minimum absolute atomic E-state index is 0.425. The number of thiol groups is 1. The molecule has 0 spiro atoms. The minimum Gasteiger partial charge on any atom is -0.276 e. The van der Waals surface area contributed by atoms with Gasteiger partial charge in [0, 0.05) is 11.9 Å². The summed E-state index contributed by atoms with van der Waals surface area (Å²) in [6, 6.07) is 3.30. The van der Waals surface area contributed by atoms with Gasteiger partial charge >= 0.3 is 0 Å². The largest absolute Gasteiger partial charge is 0.276 e. The molecular formula is C7H6ClNOS. The van der Waals surface area contributed by atoms with Gasteiger partial charge in [0.15, 0.2) is 0 Å². The van der Waals surface area contributed by atoms with Gasteiger partial charge in [0.25, 0.3) is 5.24 Å². The smallest absolute Gasteiger partial charge is 0.254 e. The van der Waals surface area contributed by atoms with E-state index in [0.717, 1.165) is 0 Å². The number of carbonyl (C=O) groups is 1. The molecule has 4 heteroatoms. The van der Waals surface area contributed by atoms with Crippen molar-refractivity contribution in [3.05, 3.63) is 29.6 Å². The Balaban J connectivity index is 3.12. The number of hydrogen-bond donors (Lipinski definition) is 1. The Morgan fingerprint density at radius 2 is 2.45 bits per heavy atom. The molecule has 0 aromatic carbocycles. The van der Waals surface area contributed by atoms with Crippen molar-refractivity contribution in [2.75, 3.05) is 0 Å². The fourth-order valence-corrected chi connectivity index (χ4v) is 1.17. The van der Waals surface area contributed by atoms with E-state index in [1.165, 1.54) is 0 Å². The molecule has 0 aliphatic heterocycles. The van der Waals surface area contributed by atoms with E-state index < -0.39 is 5.24 Å². The van der Waals surface area contributed by atoms with Crippen molar-refractivity contribution < 1.29 is 4.79 Å². The van der Waals surface area contributed by atoms with Gasteiger partial charge in [-0.25, -0.2) is 0 Å². The molecule has 0 bridgehead atoms. The maximum atomic E-state index is 10.7. The van der Waals surface area contributed by atoms with Crippen LogP contribution < -0.4 is 0 Å². The van der Waals surface area contributed by atoms with Gasteiger partial charge in [-0.2, -0.15) is 12.6 Å². The fraction of sp³-hybridized carbons (Fsp3) is 0.143. The maximum absolute atomic E-state index is 10.7. The fourth-order valence-electron chi connectivity index (χ4n) is 0.743. The van der Waals surface area contributed by atoms with Crippen molar-refractivity contribution in [2.24, 2.45) is 0 Å². The van der Waals surface area contributed by atoms with Crippen molar-refractivity contribution in [3.8, 4) is 0 Å². The maximum Gasteiger partial charge on any atom is 0.254 e. The minimum atomic E-state index is -0.484. The predicted molar refractivity (Wildman–Crippen MR) is 47.1 cm³/mol. The molecule has 1 aromatic heterocycles. The Bertz CT molecular complexity index is 277. The highest BCUT2D eigenvalue weighted by Crippen LogP contribution is 2.10. The second kappa shape index (κ2) is 3.74. The van der Waals surface area contributed by atoms with Crippen molar-refractivity contribution in [1.82, 2.24) is 4.98 Å². The number of carbonyl (C=O) groups excluding carboxylic acids is 1. The second-order valence-electron chi connectivity index (χ2n) is 1.93. The Labute approximate surface area is 75.0 Å². The van der Waals surface area contributed by atoms with E-state index in [4.69, 9.17) is 11.6 Å². The zero-order chi connectivity index (χ0) is 8.27. The zero-order valence-corrected chi connectivity index (χ0v) is 7.27. The third-order valence-corrected chi connectivity index (χ3v) is 1.75. The van der Waals surface area contributed by atoms with Crippen LogP contribution in [0.15, 0.2) is 18.3 Å². The van der Waals surface area contributed by atoms with E-state index in [1.54, 1.807) is 18.3 Å². The highest BCUT2D eigenvalue weighted by atomic mass is 35.5. The van der Waals surface area contributed by atoms with Crippen molar-refractivity contribution in [2.45, 2.75) is 5.75 Å². The van der Waals surface area contributed by atoms with Gasteiger partial charge in [0.1, 0.15) is 0 Å². The third kappa shape index (κ3) is 1.94. The predicted octanol–water partition coefficient (Wildman–Crippen LogP) is 1.89. The Morgan fingerprint density at radius 3 is 2.91 bits per heavy atom. The molecule has 58 valence electrons. The zero-order valence-electron chi connectivity index (χ0n) is 5.62. The normalized spacial score (nSPS) is 9.64. The average molecular weight is 188 g/mol. The summed E-state index contributed by atoms with van der Waals surface area (Å²) >= 11 is 9.28. The summed E-state index contributed by atoms with van der Waals surface area (Å²) in [6.45, 7) is 0. The molecule has 0 atom stereocenters. The SMILES string of the molecule is O=C(Cl)c1cccnc1CS. The lowest BCUT2D eigenvalue weighted by Gasteiger charge is -1.98. The van der Waals surface area contributed by atoms with E-state index in [1.807, 2.05) is 0 Å². The summed E-state index contributed by atoms with van der Waals surface area (Å²) in [5.41, 5.74) is 1.06. The van der Waals surface area contributed by atoms with Crippen LogP contribution in [0.25, 0.3) is 0 Å². The first-order chi connectivity index (χ1) is 5.25. The Hall–Kier alpha value is -0.540. The van der Waals surface area contributed by atoms with Crippen LogP contribution in [0.3, 0.4) is 0 Å². The molecule has 11 heavy (non-hydrogen) atoms. The van der Waals surface area contributed by atoms with Crippen LogP contribution in [0.1, 0.15) is 16.1 Å². The van der Waals surface area contributed by atoms with Gasteiger partial charge in [0.05, 0.1) is 11.3 Å². The van der Waals surface area contributed by atoms with Gasteiger partial charge in [-0.15, -0.1) is 0 Å². The molecule has 0 aliphatic rings. The number of nitrogens with zero attached hydrogens (tertiary/aromatic N) is 1. The monoisotopic (exact) mass is 187 g/mol. The molecule has 0 saturated carbocycles. The highest BCUT2D eigenvalue weighted by Gasteiger charge is 2.06. The molecule has 2 nitrogen and oxygen atoms in total. The lowest BCUT2D eigenvalue weighted by molar-refractivity contribution is 0.108. The molecule has 0 N–H and O–H groups in total. The van der Waals surface area contributed by atoms with Crippen LogP contribution in [-0.4, -0.2) is 10.2 Å². The second-order valence-corrected chi connectivity index (χ2v) is 2.59. The summed E-state index contributed by atoms with van der Waals surface area (Å²) < 4.78 is 0. The van der Waals surface area contributed by atoms with Gasteiger partial charge < -0.3 is 0 Å². The topological polar surface area (TPSA) is 30.0 Å². The first-order valence-electron chi connectivity index (χ1n) is 3.00. The number of pyridine rings is 1. The van der Waals surface area contributed by atoms with E-state index in [-0.39, 0.29) is 0 Å². The number of rotatable bonds is 2. The van der Waals surface area contributed by atoms with Gasteiger partial charge in [-0.1, -0.05) is 0 Å². The number of halogens is 1. The lowest BCUT2D eigenvalue weighted by Crippen LogP contribution is -1.97. The molecule has 1 rings (SSSR count). The molecule has 1 heterocycles. The first-order valence-corrected chi connectivity index (χ1v) is 4.01. The van der Waals surface area contributed by atoms with E-state index in [2.05, 4.69) is 17.6 Å². The summed E-state index contributed by atoms with van der Waals surface area (Å²) in [5.74, 6) is 0.425. The Kier molecular flexibility index (Phi) is 2.91. The molecule has 0 saturated heterocycles. The molecule has 0 radical (unpaired) electrons. The molecular weight excluding hydrogens is 182 g/mol. The van der Waals surface area contributed by atoms with E-state index in [0.29, 0.717) is 17.0 Å². The molecule has 1 aromatic rings. The van der Waals surface area contributed by atoms with Gasteiger partial charge in [0.2, 0.25) is 0 Å². The molecule has 0 aliphatic carbocycles. The van der Waals surface area contributed by atoms with Crippen LogP contribution in [-0.2, 0) is 5.75 Å². The number of hydrogen-bond acceptors (Lipinski definition) is 3. The highest BCUT2D eigenvalue weighted by molar-refractivity contribution is 7.79. The van der Waals surface area contributed by atoms with Gasteiger partial charge in [-0.3, -0.25) is 9.78 Å². The van der Waals surface area contributed by atoms with Crippen LogP contribution in [0.5, 0.6) is 0 Å². The van der Waals surface area contributed by atoms with Crippen molar-refractivity contribution >= 4 is 29.5 Å². The first kappa shape index (κ1) is 8.56. The molecule has 0 fully saturated rings. The lowest BCUT2D eigenvalue weighted by atomic mass is 10.2.